The molecule has 4 aliphatic rings. The van der Waals surface area contributed by atoms with Gasteiger partial charge in [-0.25, -0.2) is 4.98 Å². The number of piperazine rings is 1. The summed E-state index contributed by atoms with van der Waals surface area (Å²) in [7, 11) is 0. The maximum atomic E-state index is 13.6. The Morgan fingerprint density at radius 2 is 1.76 bits per heavy atom. The van der Waals surface area contributed by atoms with E-state index in [2.05, 4.69) is 26.5 Å². The molecule has 2 aromatic rings. The quantitative estimate of drug-likeness (QED) is 0.619. The molecule has 6 rings (SSSR count). The Kier molecular flexibility index (Phi) is 6.73. The molecule has 198 valence electrons. The zero-order valence-electron chi connectivity index (χ0n) is 21.8. The highest BCUT2D eigenvalue weighted by Gasteiger charge is 2.37. The van der Waals surface area contributed by atoms with Crippen LogP contribution in [0.5, 0.6) is 0 Å². The molecule has 0 aromatic carbocycles. The summed E-state index contributed by atoms with van der Waals surface area (Å²) in [4.78, 5) is 41.4. The van der Waals surface area contributed by atoms with Gasteiger partial charge in [0.2, 0.25) is 17.8 Å². The number of rotatable bonds is 6. The van der Waals surface area contributed by atoms with Crippen molar-refractivity contribution in [1.29, 1.82) is 0 Å². The van der Waals surface area contributed by atoms with Crippen LogP contribution in [-0.2, 0) is 22.4 Å². The van der Waals surface area contributed by atoms with Crippen molar-refractivity contribution in [2.24, 2.45) is 0 Å². The first-order valence-electron chi connectivity index (χ1n) is 14.2. The standard InChI is InChI=1S/C27H38N8O2/c1-2-24(36)33-13-15-34(16-14-33)26(37)22-11-6-12-35(22)27-28-20-10-5-9-19(20)25(30-27)29-23-17-21(31-32-23)18-7-3-4-8-18/h17-18,22H,2-16H2,1H3,(H2,28,29,30,31,32). The Balaban J connectivity index is 1.19. The number of nitrogens with zero attached hydrogens (tertiary/aromatic N) is 6. The largest absolute Gasteiger partial charge is 0.339 e. The monoisotopic (exact) mass is 506 g/mol. The molecule has 2 N–H and O–H groups in total. The van der Waals surface area contributed by atoms with Crippen LogP contribution in [0.2, 0.25) is 0 Å². The van der Waals surface area contributed by atoms with Crippen molar-refractivity contribution in [2.75, 3.05) is 42.9 Å². The fourth-order valence-electron chi connectivity index (χ4n) is 6.49. The number of carbonyl (C=O) groups excluding carboxylic acids is 2. The molecule has 1 unspecified atom stereocenters. The second-order valence-electron chi connectivity index (χ2n) is 10.9. The van der Waals surface area contributed by atoms with Gasteiger partial charge in [0, 0.05) is 62.4 Å². The van der Waals surface area contributed by atoms with Gasteiger partial charge in [0.1, 0.15) is 11.9 Å². The molecule has 2 aliphatic carbocycles. The molecule has 2 aromatic heterocycles. The third kappa shape index (κ3) is 4.78. The second-order valence-corrected chi connectivity index (χ2v) is 10.9. The third-order valence-corrected chi connectivity index (χ3v) is 8.60. The van der Waals surface area contributed by atoms with E-state index in [4.69, 9.17) is 9.97 Å². The van der Waals surface area contributed by atoms with Gasteiger partial charge in [-0.05, 0) is 44.9 Å². The van der Waals surface area contributed by atoms with Gasteiger partial charge >= 0.3 is 0 Å². The lowest BCUT2D eigenvalue weighted by molar-refractivity contribution is -0.140. The first-order chi connectivity index (χ1) is 18.1. The highest BCUT2D eigenvalue weighted by molar-refractivity contribution is 5.86. The summed E-state index contributed by atoms with van der Waals surface area (Å²) >= 11 is 0. The van der Waals surface area contributed by atoms with Crippen LogP contribution >= 0.6 is 0 Å². The SMILES string of the molecule is CCC(=O)N1CCN(C(=O)C2CCCN2c2nc3c(c(Nc4cc(C5CCCC5)[nH]n4)n2)CCC3)CC1. The fourth-order valence-corrected chi connectivity index (χ4v) is 6.49. The summed E-state index contributed by atoms with van der Waals surface area (Å²) in [5, 5.41) is 11.3. The van der Waals surface area contributed by atoms with E-state index in [1.165, 1.54) is 36.9 Å². The van der Waals surface area contributed by atoms with Crippen LogP contribution in [0.25, 0.3) is 0 Å². The van der Waals surface area contributed by atoms with Crippen molar-refractivity contribution in [3.05, 3.63) is 23.0 Å². The van der Waals surface area contributed by atoms with Crippen molar-refractivity contribution in [2.45, 2.75) is 83.1 Å². The zero-order chi connectivity index (χ0) is 25.4. The lowest BCUT2D eigenvalue weighted by Crippen LogP contribution is -2.55. The van der Waals surface area contributed by atoms with Gasteiger partial charge < -0.3 is 20.0 Å². The van der Waals surface area contributed by atoms with Crippen LogP contribution in [0.3, 0.4) is 0 Å². The molecule has 4 heterocycles. The Morgan fingerprint density at radius 3 is 2.54 bits per heavy atom. The lowest BCUT2D eigenvalue weighted by Gasteiger charge is -2.37. The van der Waals surface area contributed by atoms with Crippen LogP contribution in [0.15, 0.2) is 6.07 Å². The average Bonchev–Trinajstić information content (AvgIpc) is 3.74. The van der Waals surface area contributed by atoms with Gasteiger partial charge in [-0.2, -0.15) is 10.1 Å². The molecule has 2 amide bonds. The van der Waals surface area contributed by atoms with E-state index >= 15 is 0 Å². The maximum Gasteiger partial charge on any atom is 0.245 e. The molecule has 2 saturated heterocycles. The van der Waals surface area contributed by atoms with Crippen LogP contribution < -0.4 is 10.2 Å². The average molecular weight is 507 g/mol. The number of amides is 2. The lowest BCUT2D eigenvalue weighted by atomic mass is 10.0. The molecule has 0 bridgehead atoms. The molecule has 10 nitrogen and oxygen atoms in total. The minimum absolute atomic E-state index is 0.133. The normalized spacial score (nSPS) is 22.1. The summed E-state index contributed by atoms with van der Waals surface area (Å²) in [6.45, 7) is 5.07. The van der Waals surface area contributed by atoms with Crippen LogP contribution in [0.1, 0.15) is 81.2 Å². The Hall–Kier alpha value is -3.17. The highest BCUT2D eigenvalue weighted by Crippen LogP contribution is 2.36. The maximum absolute atomic E-state index is 13.6. The number of anilines is 3. The molecule has 1 atom stereocenters. The molecule has 2 aliphatic heterocycles. The van der Waals surface area contributed by atoms with Gasteiger partial charge in [-0.1, -0.05) is 19.8 Å². The second kappa shape index (κ2) is 10.3. The zero-order valence-corrected chi connectivity index (χ0v) is 21.8. The number of aryl methyl sites for hydroxylation is 1. The summed E-state index contributed by atoms with van der Waals surface area (Å²) in [5.41, 5.74) is 3.47. The first kappa shape index (κ1) is 24.2. The minimum Gasteiger partial charge on any atom is -0.339 e. The highest BCUT2D eigenvalue weighted by atomic mass is 16.2. The van der Waals surface area contributed by atoms with Crippen molar-refractivity contribution in [3.8, 4) is 0 Å². The van der Waals surface area contributed by atoms with E-state index < -0.39 is 0 Å². The molecule has 10 heteroatoms. The number of nitrogens with one attached hydrogen (secondary N) is 2. The van der Waals surface area contributed by atoms with Crippen LogP contribution in [0, 0.1) is 0 Å². The van der Waals surface area contributed by atoms with Gasteiger partial charge in [-0.3, -0.25) is 14.7 Å². The molecular formula is C27H38N8O2. The predicted molar refractivity (Wildman–Crippen MR) is 141 cm³/mol. The summed E-state index contributed by atoms with van der Waals surface area (Å²) in [6.07, 6.45) is 10.3. The first-order valence-corrected chi connectivity index (χ1v) is 14.2. The number of aromatic amines is 1. The number of fused-ring (bicyclic) bond motifs is 1. The number of hydrogen-bond donors (Lipinski definition) is 2. The molecule has 0 radical (unpaired) electrons. The van der Waals surface area contributed by atoms with Crippen LogP contribution in [-0.4, -0.2) is 80.5 Å². The fraction of sp³-hybridized carbons (Fsp3) is 0.667. The molecule has 1 saturated carbocycles. The predicted octanol–water partition coefficient (Wildman–Crippen LogP) is 3.14. The van der Waals surface area contributed by atoms with E-state index in [0.717, 1.165) is 56.0 Å². The molecule has 37 heavy (non-hydrogen) atoms. The summed E-state index contributed by atoms with van der Waals surface area (Å²) < 4.78 is 0. The topological polar surface area (TPSA) is 110 Å². The molecule has 0 spiro atoms. The van der Waals surface area contributed by atoms with Crippen molar-refractivity contribution in [3.63, 3.8) is 0 Å². The van der Waals surface area contributed by atoms with Crippen LogP contribution in [0.4, 0.5) is 17.6 Å². The van der Waals surface area contributed by atoms with E-state index in [-0.39, 0.29) is 17.9 Å². The summed E-state index contributed by atoms with van der Waals surface area (Å²) in [5.74, 6) is 3.14. The van der Waals surface area contributed by atoms with Gasteiger partial charge in [0.25, 0.3) is 0 Å². The number of aromatic nitrogens is 4. The van der Waals surface area contributed by atoms with E-state index in [9.17, 15) is 9.59 Å². The van der Waals surface area contributed by atoms with Gasteiger partial charge in [-0.15, -0.1) is 0 Å². The van der Waals surface area contributed by atoms with E-state index in [1.807, 2.05) is 16.7 Å². The Morgan fingerprint density at radius 1 is 0.973 bits per heavy atom. The number of hydrogen-bond acceptors (Lipinski definition) is 7. The van der Waals surface area contributed by atoms with Crippen molar-refractivity contribution >= 4 is 29.4 Å². The van der Waals surface area contributed by atoms with E-state index in [0.29, 0.717) is 44.5 Å². The van der Waals surface area contributed by atoms with Crippen molar-refractivity contribution < 1.29 is 9.59 Å². The Labute approximate surface area is 218 Å². The Bertz CT molecular complexity index is 1150. The van der Waals surface area contributed by atoms with E-state index in [1.54, 1.807) is 0 Å². The number of H-pyrrole nitrogens is 1. The smallest absolute Gasteiger partial charge is 0.245 e. The summed E-state index contributed by atoms with van der Waals surface area (Å²) in [6, 6.07) is 1.88. The van der Waals surface area contributed by atoms with Gasteiger partial charge in [0.05, 0.1) is 5.69 Å². The van der Waals surface area contributed by atoms with Crippen molar-refractivity contribution in [1.82, 2.24) is 30.0 Å². The third-order valence-electron chi connectivity index (χ3n) is 8.60. The molecule has 3 fully saturated rings. The minimum atomic E-state index is -0.250. The molecular weight excluding hydrogens is 468 g/mol. The van der Waals surface area contributed by atoms with Gasteiger partial charge in [0.15, 0.2) is 5.82 Å². The number of carbonyl (C=O) groups is 2.